The van der Waals surface area contributed by atoms with E-state index in [1.54, 1.807) is 41.8 Å². The van der Waals surface area contributed by atoms with Crippen LogP contribution in [0.15, 0.2) is 18.5 Å². The molecule has 20 heavy (non-hydrogen) atoms. The van der Waals surface area contributed by atoms with Gasteiger partial charge in [0.15, 0.2) is 5.82 Å². The fourth-order valence-electron chi connectivity index (χ4n) is 2.36. The Balaban J connectivity index is 1.94. The molecule has 7 heteroatoms. The largest absolute Gasteiger partial charge is 0.456 e. The summed E-state index contributed by atoms with van der Waals surface area (Å²) in [6, 6.07) is 1.79. The molecule has 0 radical (unpaired) electrons. The lowest BCUT2D eigenvalue weighted by Crippen LogP contribution is -2.20. The zero-order valence-electron chi connectivity index (χ0n) is 11.4. The Morgan fingerprint density at radius 3 is 3.05 bits per heavy atom. The maximum Gasteiger partial charge on any atom is 0.344 e. The first-order valence-corrected chi connectivity index (χ1v) is 6.49. The van der Waals surface area contributed by atoms with E-state index in [4.69, 9.17) is 9.47 Å². The third kappa shape index (κ3) is 2.20. The fourth-order valence-corrected chi connectivity index (χ4v) is 2.36. The van der Waals surface area contributed by atoms with Gasteiger partial charge in [-0.1, -0.05) is 0 Å². The van der Waals surface area contributed by atoms with E-state index < -0.39 is 0 Å². The number of hydrogen-bond donors (Lipinski definition) is 0. The molecule has 7 nitrogen and oxygen atoms in total. The lowest BCUT2D eigenvalue weighted by molar-refractivity contribution is 0.0269. The lowest BCUT2D eigenvalue weighted by atomic mass is 10.2. The Bertz CT molecular complexity index is 612. The number of aryl methyl sites for hydroxylation is 2. The van der Waals surface area contributed by atoms with Gasteiger partial charge in [0, 0.05) is 25.9 Å². The van der Waals surface area contributed by atoms with Crippen LogP contribution in [0.2, 0.25) is 0 Å². The number of ether oxygens (including phenoxy) is 2. The SMILES string of the molecule is Cc1nn(C)c(-n2cccn2)c1C(=O)O[C@H]1CCOC1. The van der Waals surface area contributed by atoms with E-state index in [0.717, 1.165) is 6.42 Å². The van der Waals surface area contributed by atoms with Gasteiger partial charge in [0.25, 0.3) is 0 Å². The maximum atomic E-state index is 12.4. The highest BCUT2D eigenvalue weighted by atomic mass is 16.6. The second-order valence-corrected chi connectivity index (χ2v) is 4.75. The zero-order valence-corrected chi connectivity index (χ0v) is 11.4. The second kappa shape index (κ2) is 5.09. The van der Waals surface area contributed by atoms with Crippen molar-refractivity contribution < 1.29 is 14.3 Å². The van der Waals surface area contributed by atoms with E-state index in [2.05, 4.69) is 10.2 Å². The first-order valence-electron chi connectivity index (χ1n) is 6.49. The molecule has 0 saturated carbocycles. The average molecular weight is 276 g/mol. The number of carbonyl (C=O) groups is 1. The molecule has 0 spiro atoms. The normalized spacial score (nSPS) is 18.4. The first kappa shape index (κ1) is 12.9. The van der Waals surface area contributed by atoms with Crippen LogP contribution >= 0.6 is 0 Å². The van der Waals surface area contributed by atoms with E-state index in [1.165, 1.54) is 0 Å². The van der Waals surface area contributed by atoms with Gasteiger partial charge in [0.1, 0.15) is 11.7 Å². The molecule has 0 bridgehead atoms. The zero-order chi connectivity index (χ0) is 14.1. The van der Waals surface area contributed by atoms with Crippen molar-refractivity contribution in [3.63, 3.8) is 0 Å². The Labute approximate surface area is 116 Å². The summed E-state index contributed by atoms with van der Waals surface area (Å²) in [5.74, 6) is 0.230. The van der Waals surface area contributed by atoms with Crippen molar-refractivity contribution in [1.82, 2.24) is 19.6 Å². The molecule has 1 saturated heterocycles. The molecule has 1 atom stereocenters. The molecule has 0 aliphatic carbocycles. The summed E-state index contributed by atoms with van der Waals surface area (Å²) >= 11 is 0. The van der Waals surface area contributed by atoms with E-state index in [-0.39, 0.29) is 12.1 Å². The van der Waals surface area contributed by atoms with Crippen molar-refractivity contribution in [2.45, 2.75) is 19.4 Å². The van der Waals surface area contributed by atoms with Gasteiger partial charge in [-0.2, -0.15) is 10.2 Å². The molecule has 1 fully saturated rings. The van der Waals surface area contributed by atoms with Gasteiger partial charge in [-0.3, -0.25) is 0 Å². The molecule has 1 aliphatic rings. The fraction of sp³-hybridized carbons (Fsp3) is 0.462. The molecule has 1 aliphatic heterocycles. The Morgan fingerprint density at radius 1 is 1.55 bits per heavy atom. The van der Waals surface area contributed by atoms with Crippen LogP contribution in [0.25, 0.3) is 5.82 Å². The highest BCUT2D eigenvalue weighted by molar-refractivity contribution is 5.94. The Hall–Kier alpha value is -2.15. The Morgan fingerprint density at radius 2 is 2.40 bits per heavy atom. The van der Waals surface area contributed by atoms with E-state index >= 15 is 0 Å². The van der Waals surface area contributed by atoms with Crippen molar-refractivity contribution >= 4 is 5.97 Å². The molecule has 2 aromatic heterocycles. The third-order valence-electron chi connectivity index (χ3n) is 3.28. The molecule has 3 heterocycles. The molecular formula is C13H16N4O3. The van der Waals surface area contributed by atoms with Gasteiger partial charge in [-0.05, 0) is 13.0 Å². The second-order valence-electron chi connectivity index (χ2n) is 4.75. The van der Waals surface area contributed by atoms with Gasteiger partial charge in [-0.15, -0.1) is 0 Å². The van der Waals surface area contributed by atoms with Crippen LogP contribution in [0.1, 0.15) is 22.5 Å². The highest BCUT2D eigenvalue weighted by Crippen LogP contribution is 2.20. The molecule has 0 aromatic carbocycles. The Kier molecular flexibility index (Phi) is 3.27. The number of carbonyl (C=O) groups excluding carboxylic acids is 1. The molecule has 0 N–H and O–H groups in total. The van der Waals surface area contributed by atoms with Crippen LogP contribution in [-0.2, 0) is 16.5 Å². The predicted molar refractivity (Wildman–Crippen MR) is 69.7 cm³/mol. The lowest BCUT2D eigenvalue weighted by Gasteiger charge is -2.11. The van der Waals surface area contributed by atoms with Crippen LogP contribution in [0.3, 0.4) is 0 Å². The molecule has 3 rings (SSSR count). The van der Waals surface area contributed by atoms with Gasteiger partial charge >= 0.3 is 5.97 Å². The van der Waals surface area contributed by atoms with Gasteiger partial charge in [-0.25, -0.2) is 14.2 Å². The molecule has 0 unspecified atom stereocenters. The summed E-state index contributed by atoms with van der Waals surface area (Å²) in [6.45, 7) is 2.88. The van der Waals surface area contributed by atoms with Crippen molar-refractivity contribution in [3.05, 3.63) is 29.7 Å². The van der Waals surface area contributed by atoms with Gasteiger partial charge in [0.05, 0.1) is 18.9 Å². The third-order valence-corrected chi connectivity index (χ3v) is 3.28. The summed E-state index contributed by atoms with van der Waals surface area (Å²) in [7, 11) is 1.78. The minimum absolute atomic E-state index is 0.174. The van der Waals surface area contributed by atoms with Crippen LogP contribution in [0.4, 0.5) is 0 Å². The summed E-state index contributed by atoms with van der Waals surface area (Å²) in [6.07, 6.45) is 3.99. The standard InChI is InChI=1S/C13H16N4O3/c1-9-11(13(18)20-10-4-7-19-8-10)12(16(2)15-9)17-6-3-5-14-17/h3,5-6,10H,4,7-8H2,1-2H3/t10-/m0/s1. The van der Waals surface area contributed by atoms with Gasteiger partial charge in [0.2, 0.25) is 0 Å². The number of nitrogens with zero attached hydrogens (tertiary/aromatic N) is 4. The monoisotopic (exact) mass is 276 g/mol. The summed E-state index contributed by atoms with van der Waals surface area (Å²) in [4.78, 5) is 12.4. The molecule has 0 amide bonds. The van der Waals surface area contributed by atoms with Crippen molar-refractivity contribution in [3.8, 4) is 5.82 Å². The maximum absolute atomic E-state index is 12.4. The minimum Gasteiger partial charge on any atom is -0.456 e. The predicted octanol–water partition coefficient (Wildman–Crippen LogP) is 0.860. The van der Waals surface area contributed by atoms with Crippen molar-refractivity contribution in [1.29, 1.82) is 0 Å². The summed E-state index contributed by atoms with van der Waals surface area (Å²) in [5, 5.41) is 8.45. The smallest absolute Gasteiger partial charge is 0.344 e. The number of aromatic nitrogens is 4. The summed E-state index contributed by atoms with van der Waals surface area (Å²) in [5.41, 5.74) is 1.07. The number of esters is 1. The van der Waals surface area contributed by atoms with Crippen molar-refractivity contribution in [2.24, 2.45) is 7.05 Å². The number of rotatable bonds is 3. The summed E-state index contributed by atoms with van der Waals surface area (Å²) < 4.78 is 13.9. The van der Waals surface area contributed by atoms with Gasteiger partial charge < -0.3 is 9.47 Å². The highest BCUT2D eigenvalue weighted by Gasteiger charge is 2.27. The quantitative estimate of drug-likeness (QED) is 0.778. The van der Waals surface area contributed by atoms with E-state index in [1.807, 2.05) is 0 Å². The average Bonchev–Trinajstić information content (AvgIpc) is 3.10. The van der Waals surface area contributed by atoms with Crippen LogP contribution in [0, 0.1) is 6.92 Å². The topological polar surface area (TPSA) is 71.2 Å². The van der Waals surface area contributed by atoms with Crippen LogP contribution in [0.5, 0.6) is 0 Å². The van der Waals surface area contributed by atoms with E-state index in [9.17, 15) is 4.79 Å². The minimum atomic E-state index is -0.378. The van der Waals surface area contributed by atoms with Crippen molar-refractivity contribution in [2.75, 3.05) is 13.2 Å². The number of hydrogen-bond acceptors (Lipinski definition) is 5. The molecular weight excluding hydrogens is 260 g/mol. The van der Waals surface area contributed by atoms with E-state index in [0.29, 0.717) is 30.3 Å². The molecule has 2 aromatic rings. The first-order chi connectivity index (χ1) is 9.66. The van der Waals surface area contributed by atoms with Crippen LogP contribution < -0.4 is 0 Å². The van der Waals surface area contributed by atoms with Crippen LogP contribution in [-0.4, -0.2) is 44.8 Å². The molecule has 106 valence electrons.